The van der Waals surface area contributed by atoms with Gasteiger partial charge in [0.1, 0.15) is 12.6 Å². The molecule has 0 radical (unpaired) electrons. The molecule has 3 N–H and O–H groups in total. The van der Waals surface area contributed by atoms with Gasteiger partial charge in [-0.2, -0.15) is 0 Å². The van der Waals surface area contributed by atoms with Crippen molar-refractivity contribution in [2.75, 3.05) is 13.2 Å². The van der Waals surface area contributed by atoms with Gasteiger partial charge in [-0.25, -0.2) is 4.79 Å². The minimum Gasteiger partial charge on any atom is -0.481 e. The van der Waals surface area contributed by atoms with Gasteiger partial charge in [0, 0.05) is 18.9 Å². The van der Waals surface area contributed by atoms with Crippen LogP contribution in [0.4, 0.5) is 4.79 Å². The Morgan fingerprint density at radius 2 is 1.66 bits per heavy atom. The van der Waals surface area contributed by atoms with E-state index in [9.17, 15) is 14.4 Å². The highest BCUT2D eigenvalue weighted by Gasteiger charge is 2.39. The van der Waals surface area contributed by atoms with Gasteiger partial charge in [-0.1, -0.05) is 55.0 Å². The smallest absolute Gasteiger partial charge is 0.407 e. The molecular formula is C28H32N2O5. The van der Waals surface area contributed by atoms with Gasteiger partial charge in [-0.05, 0) is 65.7 Å². The summed E-state index contributed by atoms with van der Waals surface area (Å²) < 4.78 is 5.57. The number of hydrogen-bond donors (Lipinski definition) is 3. The van der Waals surface area contributed by atoms with Gasteiger partial charge < -0.3 is 20.5 Å². The lowest BCUT2D eigenvalue weighted by molar-refractivity contribution is -0.137. The first kappa shape index (κ1) is 23.4. The number of carboxylic acid groups (broad SMARTS) is 1. The number of hydrogen-bond acceptors (Lipinski definition) is 4. The predicted molar refractivity (Wildman–Crippen MR) is 131 cm³/mol. The maximum absolute atomic E-state index is 12.9. The fraction of sp³-hybridized carbons (Fsp3) is 0.464. The van der Waals surface area contributed by atoms with Crippen molar-refractivity contribution in [2.24, 2.45) is 17.8 Å². The zero-order valence-corrected chi connectivity index (χ0v) is 19.7. The molecule has 0 spiro atoms. The summed E-state index contributed by atoms with van der Waals surface area (Å²) in [7, 11) is 0. The van der Waals surface area contributed by atoms with Gasteiger partial charge in [0.2, 0.25) is 5.91 Å². The highest BCUT2D eigenvalue weighted by atomic mass is 16.5. The van der Waals surface area contributed by atoms with E-state index in [0.29, 0.717) is 18.4 Å². The lowest BCUT2D eigenvalue weighted by Gasteiger charge is -2.24. The van der Waals surface area contributed by atoms with Crippen LogP contribution in [0.2, 0.25) is 0 Å². The number of fused-ring (bicyclic) bond motifs is 5. The van der Waals surface area contributed by atoms with Gasteiger partial charge in [0.15, 0.2) is 0 Å². The third-order valence-corrected chi connectivity index (χ3v) is 8.02. The number of alkyl carbamates (subject to hydrolysis) is 1. The van der Waals surface area contributed by atoms with E-state index in [-0.39, 0.29) is 31.3 Å². The van der Waals surface area contributed by atoms with E-state index in [1.54, 1.807) is 0 Å². The second-order valence-electron chi connectivity index (χ2n) is 10.1. The summed E-state index contributed by atoms with van der Waals surface area (Å²) in [5.74, 6) is 0.494. The molecule has 3 aliphatic rings. The van der Waals surface area contributed by atoms with Crippen molar-refractivity contribution in [2.45, 2.75) is 50.5 Å². The van der Waals surface area contributed by atoms with Crippen LogP contribution in [0, 0.1) is 17.8 Å². The minimum absolute atomic E-state index is 0.0160. The van der Waals surface area contributed by atoms with Crippen molar-refractivity contribution >= 4 is 18.0 Å². The van der Waals surface area contributed by atoms with Gasteiger partial charge in [0.25, 0.3) is 0 Å². The predicted octanol–water partition coefficient (Wildman–Crippen LogP) is 4.31. The molecule has 2 aromatic carbocycles. The third-order valence-electron chi connectivity index (χ3n) is 8.02. The van der Waals surface area contributed by atoms with Crippen molar-refractivity contribution in [3.63, 3.8) is 0 Å². The largest absolute Gasteiger partial charge is 0.481 e. The first-order valence-corrected chi connectivity index (χ1v) is 12.6. The second-order valence-corrected chi connectivity index (χ2v) is 10.1. The SMILES string of the molecule is O=C(O)CCC(NC(=O)OCC1c2ccccc2-c2ccccc21)C(=O)NCC1CC2CCC1C2. The summed E-state index contributed by atoms with van der Waals surface area (Å²) in [6.07, 6.45) is 4.01. The summed E-state index contributed by atoms with van der Waals surface area (Å²) in [6, 6.07) is 15.2. The number of nitrogens with one attached hydrogen (secondary N) is 2. The quantitative estimate of drug-likeness (QED) is 0.500. The summed E-state index contributed by atoms with van der Waals surface area (Å²) in [5, 5.41) is 14.7. The average Bonchev–Trinajstić information content (AvgIpc) is 3.57. The number of carbonyl (C=O) groups is 3. The van der Waals surface area contributed by atoms with E-state index in [1.165, 1.54) is 19.3 Å². The fourth-order valence-electron chi connectivity index (χ4n) is 6.30. The Morgan fingerprint density at radius 3 is 2.26 bits per heavy atom. The Morgan fingerprint density at radius 1 is 0.971 bits per heavy atom. The number of carbonyl (C=O) groups excluding carboxylic acids is 2. The molecule has 2 amide bonds. The van der Waals surface area contributed by atoms with Gasteiger partial charge in [-0.15, -0.1) is 0 Å². The van der Waals surface area contributed by atoms with E-state index in [0.717, 1.165) is 34.6 Å². The Labute approximate surface area is 205 Å². The van der Waals surface area contributed by atoms with E-state index < -0.39 is 18.1 Å². The maximum atomic E-state index is 12.9. The molecule has 0 saturated heterocycles. The maximum Gasteiger partial charge on any atom is 0.407 e. The molecule has 4 unspecified atom stereocenters. The van der Waals surface area contributed by atoms with Crippen LogP contribution in [0.1, 0.15) is 55.6 Å². The first-order valence-electron chi connectivity index (χ1n) is 12.6. The van der Waals surface area contributed by atoms with Crippen molar-refractivity contribution in [3.8, 4) is 11.1 Å². The van der Waals surface area contributed by atoms with E-state index in [4.69, 9.17) is 9.84 Å². The molecule has 7 heteroatoms. The molecule has 3 aliphatic carbocycles. The zero-order valence-electron chi connectivity index (χ0n) is 19.7. The van der Waals surface area contributed by atoms with Crippen LogP contribution < -0.4 is 10.6 Å². The molecule has 4 atom stereocenters. The minimum atomic E-state index is -1.01. The highest BCUT2D eigenvalue weighted by molar-refractivity contribution is 5.86. The second kappa shape index (κ2) is 10.1. The first-order chi connectivity index (χ1) is 17.0. The molecule has 2 saturated carbocycles. The van der Waals surface area contributed by atoms with Gasteiger partial charge in [-0.3, -0.25) is 9.59 Å². The summed E-state index contributed by atoms with van der Waals surface area (Å²) in [5.41, 5.74) is 4.48. The fourth-order valence-corrected chi connectivity index (χ4v) is 6.30. The molecule has 2 fully saturated rings. The summed E-state index contributed by atoms with van der Waals surface area (Å²) in [6.45, 7) is 0.716. The number of rotatable bonds is 9. The molecule has 2 aromatic rings. The Bertz CT molecular complexity index is 1070. The van der Waals surface area contributed by atoms with Gasteiger partial charge in [0.05, 0.1) is 0 Å². The van der Waals surface area contributed by atoms with E-state index in [1.807, 2.05) is 36.4 Å². The van der Waals surface area contributed by atoms with E-state index in [2.05, 4.69) is 22.8 Å². The number of aliphatic carboxylic acids is 1. The molecule has 0 heterocycles. The van der Waals surface area contributed by atoms with Crippen LogP contribution in [0.5, 0.6) is 0 Å². The molecule has 7 nitrogen and oxygen atoms in total. The lowest BCUT2D eigenvalue weighted by atomic mass is 9.89. The van der Waals surface area contributed by atoms with E-state index >= 15 is 0 Å². The highest BCUT2D eigenvalue weighted by Crippen LogP contribution is 2.48. The monoisotopic (exact) mass is 476 g/mol. The van der Waals surface area contributed by atoms with Crippen LogP contribution in [0.25, 0.3) is 11.1 Å². The Hall–Kier alpha value is -3.35. The lowest BCUT2D eigenvalue weighted by Crippen LogP contribution is -2.48. The number of carboxylic acids is 1. The molecule has 184 valence electrons. The van der Waals surface area contributed by atoms with Crippen molar-refractivity contribution in [3.05, 3.63) is 59.7 Å². The number of amides is 2. The van der Waals surface area contributed by atoms with Gasteiger partial charge >= 0.3 is 12.1 Å². The Balaban J connectivity index is 1.19. The van der Waals surface area contributed by atoms with Crippen LogP contribution >= 0.6 is 0 Å². The summed E-state index contributed by atoms with van der Waals surface area (Å²) >= 11 is 0. The normalized spacial score (nSPS) is 22.8. The topological polar surface area (TPSA) is 105 Å². The van der Waals surface area contributed by atoms with Crippen molar-refractivity contribution in [1.29, 1.82) is 0 Å². The molecule has 0 aromatic heterocycles. The molecule has 35 heavy (non-hydrogen) atoms. The van der Waals surface area contributed by atoms with Crippen LogP contribution in [-0.4, -0.2) is 42.3 Å². The Kier molecular flexibility index (Phi) is 6.75. The number of benzene rings is 2. The van der Waals surface area contributed by atoms with Crippen molar-refractivity contribution in [1.82, 2.24) is 10.6 Å². The third kappa shape index (κ3) is 5.04. The molecular weight excluding hydrogens is 444 g/mol. The van der Waals surface area contributed by atoms with Crippen LogP contribution in [0.3, 0.4) is 0 Å². The molecule has 0 aliphatic heterocycles. The molecule has 5 rings (SSSR count). The molecule has 2 bridgehead atoms. The average molecular weight is 477 g/mol. The number of ether oxygens (including phenoxy) is 1. The van der Waals surface area contributed by atoms with Crippen LogP contribution in [0.15, 0.2) is 48.5 Å². The standard InChI is InChI=1S/C28H32N2O5/c31-26(32)12-11-25(27(33)29-15-19-14-17-9-10-18(19)13-17)30-28(34)35-16-24-22-7-3-1-5-20(22)21-6-2-4-8-23(21)24/h1-8,17-19,24-25H,9-16H2,(H,29,33)(H,30,34)(H,31,32). The van der Waals surface area contributed by atoms with Crippen molar-refractivity contribution < 1.29 is 24.2 Å². The summed E-state index contributed by atoms with van der Waals surface area (Å²) in [4.78, 5) is 36.7. The van der Waals surface area contributed by atoms with Crippen LogP contribution in [-0.2, 0) is 14.3 Å². The zero-order chi connectivity index (χ0) is 24.4.